The Morgan fingerprint density at radius 1 is 1.05 bits per heavy atom. The topological polar surface area (TPSA) is 65.3 Å². The SMILES string of the molecule is Fc1cc(Cl)ccc1COc1nccc(C2CCN(Cc3nc4ccccc4n3C[C@@H]3CCO3)CC2)n1. The van der Waals surface area contributed by atoms with Gasteiger partial charge in [0.25, 0.3) is 0 Å². The number of likely N-dealkylation sites (tertiary alicyclic amines) is 1. The maximum atomic E-state index is 14.1. The molecule has 0 bridgehead atoms. The largest absolute Gasteiger partial charge is 0.458 e. The molecule has 2 aliphatic heterocycles. The fraction of sp³-hybridized carbons (Fsp3) is 0.393. The van der Waals surface area contributed by atoms with Gasteiger partial charge < -0.3 is 14.0 Å². The number of para-hydroxylation sites is 2. The third-order valence-electron chi connectivity index (χ3n) is 7.31. The summed E-state index contributed by atoms with van der Waals surface area (Å²) in [6, 6.07) is 15.1. The Labute approximate surface area is 220 Å². The zero-order chi connectivity index (χ0) is 25.2. The molecule has 0 unspecified atom stereocenters. The van der Waals surface area contributed by atoms with E-state index >= 15 is 0 Å². The number of nitrogens with zero attached hydrogens (tertiary/aromatic N) is 5. The minimum absolute atomic E-state index is 0.0534. The van der Waals surface area contributed by atoms with E-state index in [9.17, 15) is 4.39 Å². The van der Waals surface area contributed by atoms with Crippen LogP contribution in [0.2, 0.25) is 5.02 Å². The van der Waals surface area contributed by atoms with E-state index in [0.717, 1.165) is 69.1 Å². The number of imidazole rings is 1. The molecule has 4 aromatic rings. The van der Waals surface area contributed by atoms with Crippen LogP contribution in [0.15, 0.2) is 54.7 Å². The van der Waals surface area contributed by atoms with Crippen LogP contribution in [0.5, 0.6) is 6.01 Å². The highest BCUT2D eigenvalue weighted by atomic mass is 35.5. The van der Waals surface area contributed by atoms with Gasteiger partial charge in [-0.05, 0) is 62.7 Å². The molecule has 2 saturated heterocycles. The highest BCUT2D eigenvalue weighted by Gasteiger charge is 2.26. The molecule has 7 nitrogen and oxygen atoms in total. The molecule has 2 fully saturated rings. The van der Waals surface area contributed by atoms with Crippen molar-refractivity contribution in [1.29, 1.82) is 0 Å². The second-order valence-electron chi connectivity index (χ2n) is 9.75. The zero-order valence-corrected chi connectivity index (χ0v) is 21.3. The van der Waals surface area contributed by atoms with Gasteiger partial charge >= 0.3 is 6.01 Å². The van der Waals surface area contributed by atoms with E-state index in [2.05, 4.69) is 37.6 Å². The zero-order valence-electron chi connectivity index (χ0n) is 20.5. The van der Waals surface area contributed by atoms with Gasteiger partial charge in [-0.25, -0.2) is 14.4 Å². The number of hydrogen-bond acceptors (Lipinski definition) is 6. The van der Waals surface area contributed by atoms with E-state index in [1.807, 2.05) is 12.1 Å². The summed E-state index contributed by atoms with van der Waals surface area (Å²) in [5.74, 6) is 1.03. The normalized spacial score (nSPS) is 18.7. The molecule has 0 aliphatic carbocycles. The third kappa shape index (κ3) is 5.46. The Kier molecular flexibility index (Phi) is 7.04. The highest BCUT2D eigenvalue weighted by molar-refractivity contribution is 6.30. The predicted octanol–water partition coefficient (Wildman–Crippen LogP) is 5.37. The number of hydrogen-bond donors (Lipinski definition) is 0. The van der Waals surface area contributed by atoms with Gasteiger partial charge in [0.2, 0.25) is 0 Å². The number of ether oxygens (including phenoxy) is 2. The van der Waals surface area contributed by atoms with Crippen LogP contribution in [-0.4, -0.2) is 50.2 Å². The van der Waals surface area contributed by atoms with Crippen molar-refractivity contribution in [2.45, 2.75) is 51.0 Å². The van der Waals surface area contributed by atoms with Crippen molar-refractivity contribution in [3.05, 3.63) is 82.6 Å². The monoisotopic (exact) mass is 521 g/mol. The molecule has 0 amide bonds. The molecular weight excluding hydrogens is 493 g/mol. The number of rotatable bonds is 8. The van der Waals surface area contributed by atoms with Gasteiger partial charge in [-0.2, -0.15) is 4.98 Å². The molecule has 2 aromatic carbocycles. The van der Waals surface area contributed by atoms with Crippen molar-refractivity contribution in [3.8, 4) is 6.01 Å². The van der Waals surface area contributed by atoms with Gasteiger partial charge in [0.05, 0.1) is 35.9 Å². The Morgan fingerprint density at radius 3 is 2.68 bits per heavy atom. The van der Waals surface area contributed by atoms with Gasteiger partial charge in [-0.15, -0.1) is 0 Å². The number of piperidine rings is 1. The average Bonchev–Trinajstić information content (AvgIpc) is 3.23. The van der Waals surface area contributed by atoms with E-state index in [4.69, 9.17) is 26.1 Å². The summed E-state index contributed by atoms with van der Waals surface area (Å²) in [6.45, 7) is 4.51. The van der Waals surface area contributed by atoms with E-state index in [1.165, 1.54) is 11.6 Å². The Morgan fingerprint density at radius 2 is 1.89 bits per heavy atom. The van der Waals surface area contributed by atoms with E-state index < -0.39 is 5.82 Å². The fourth-order valence-corrected chi connectivity index (χ4v) is 5.26. The molecule has 192 valence electrons. The minimum Gasteiger partial charge on any atom is -0.458 e. The lowest BCUT2D eigenvalue weighted by atomic mass is 9.93. The van der Waals surface area contributed by atoms with Gasteiger partial charge in [0.15, 0.2) is 0 Å². The molecule has 0 radical (unpaired) electrons. The van der Waals surface area contributed by atoms with Crippen LogP contribution in [-0.2, 0) is 24.4 Å². The number of halogens is 2. The Bertz CT molecular complexity index is 1380. The van der Waals surface area contributed by atoms with Crippen molar-refractivity contribution < 1.29 is 13.9 Å². The fourth-order valence-electron chi connectivity index (χ4n) is 5.10. The molecule has 6 rings (SSSR count). The molecular formula is C28H29ClFN5O2. The van der Waals surface area contributed by atoms with Gasteiger partial charge in [0, 0.05) is 29.3 Å². The van der Waals surface area contributed by atoms with Crippen LogP contribution in [0.4, 0.5) is 4.39 Å². The van der Waals surface area contributed by atoms with E-state index in [-0.39, 0.29) is 18.7 Å². The first-order valence-corrected chi connectivity index (χ1v) is 13.2. The minimum atomic E-state index is -0.398. The summed E-state index contributed by atoms with van der Waals surface area (Å²) < 4.78 is 27.8. The van der Waals surface area contributed by atoms with Crippen molar-refractivity contribution in [1.82, 2.24) is 24.4 Å². The lowest BCUT2D eigenvalue weighted by Crippen LogP contribution is -2.35. The molecule has 37 heavy (non-hydrogen) atoms. The second kappa shape index (κ2) is 10.7. The molecule has 0 N–H and O–H groups in total. The Balaban J connectivity index is 1.08. The third-order valence-corrected chi connectivity index (χ3v) is 7.55. The lowest BCUT2D eigenvalue weighted by Gasteiger charge is -2.32. The maximum Gasteiger partial charge on any atom is 0.316 e. The Hall–Kier alpha value is -3.07. The maximum absolute atomic E-state index is 14.1. The molecule has 1 atom stereocenters. The number of aromatic nitrogens is 4. The van der Waals surface area contributed by atoms with Crippen LogP contribution in [0.3, 0.4) is 0 Å². The first kappa shape index (κ1) is 24.3. The molecule has 4 heterocycles. The van der Waals surface area contributed by atoms with Crippen molar-refractivity contribution in [2.24, 2.45) is 0 Å². The smallest absolute Gasteiger partial charge is 0.316 e. The van der Waals surface area contributed by atoms with Crippen molar-refractivity contribution in [2.75, 3.05) is 19.7 Å². The first-order chi connectivity index (χ1) is 18.1. The summed E-state index contributed by atoms with van der Waals surface area (Å²) >= 11 is 5.83. The summed E-state index contributed by atoms with van der Waals surface area (Å²) in [4.78, 5) is 16.3. The molecule has 2 aliphatic rings. The number of fused-ring (bicyclic) bond motifs is 1. The quantitative estimate of drug-likeness (QED) is 0.311. The highest BCUT2D eigenvalue weighted by Crippen LogP contribution is 2.29. The lowest BCUT2D eigenvalue weighted by molar-refractivity contribution is -0.0592. The first-order valence-electron chi connectivity index (χ1n) is 12.8. The van der Waals surface area contributed by atoms with Crippen molar-refractivity contribution >= 4 is 22.6 Å². The van der Waals surface area contributed by atoms with Crippen LogP contribution in [0.1, 0.15) is 42.3 Å². The molecule has 0 spiro atoms. The molecule has 9 heteroatoms. The van der Waals surface area contributed by atoms with Gasteiger partial charge in [0.1, 0.15) is 18.2 Å². The molecule has 0 saturated carbocycles. The summed E-state index contributed by atoms with van der Waals surface area (Å²) in [5, 5.41) is 0.357. The summed E-state index contributed by atoms with van der Waals surface area (Å²) in [6.07, 6.45) is 5.10. The number of benzene rings is 2. The van der Waals surface area contributed by atoms with E-state index in [1.54, 1.807) is 18.3 Å². The van der Waals surface area contributed by atoms with Gasteiger partial charge in [-0.1, -0.05) is 29.8 Å². The van der Waals surface area contributed by atoms with Crippen LogP contribution < -0.4 is 4.74 Å². The summed E-state index contributed by atoms with van der Waals surface area (Å²) in [7, 11) is 0. The van der Waals surface area contributed by atoms with Crippen LogP contribution in [0.25, 0.3) is 11.0 Å². The summed E-state index contributed by atoms with van der Waals surface area (Å²) in [5.41, 5.74) is 3.60. The van der Waals surface area contributed by atoms with Crippen LogP contribution >= 0.6 is 11.6 Å². The second-order valence-corrected chi connectivity index (χ2v) is 10.2. The molecule has 2 aromatic heterocycles. The van der Waals surface area contributed by atoms with E-state index in [0.29, 0.717) is 16.5 Å². The van der Waals surface area contributed by atoms with Gasteiger partial charge in [-0.3, -0.25) is 4.90 Å². The standard InChI is InChI=1S/C28H29ClFN5O2/c29-21-6-5-20(23(30)15-21)18-37-28-31-11-7-24(33-28)19-8-12-34(13-9-19)17-27-32-25-3-1-2-4-26(25)35(27)16-22-10-14-36-22/h1-7,11,15,19,22H,8-10,12-14,16-18H2/t22-/m0/s1. The van der Waals surface area contributed by atoms with Crippen LogP contribution in [0, 0.1) is 5.82 Å². The average molecular weight is 522 g/mol. The predicted molar refractivity (Wildman–Crippen MR) is 139 cm³/mol. The van der Waals surface area contributed by atoms with Crippen molar-refractivity contribution in [3.63, 3.8) is 0 Å².